The zero-order valence-corrected chi connectivity index (χ0v) is 9.77. The van der Waals surface area contributed by atoms with Crippen molar-refractivity contribution in [2.24, 2.45) is 0 Å². The van der Waals surface area contributed by atoms with Crippen molar-refractivity contribution in [2.45, 2.75) is 6.92 Å². The molecule has 0 saturated heterocycles. The molecule has 0 radical (unpaired) electrons. The molecule has 0 amide bonds. The smallest absolute Gasteiger partial charge is 0.217 e. The van der Waals surface area contributed by atoms with E-state index in [9.17, 15) is 0 Å². The molecule has 0 fully saturated rings. The first-order valence-corrected chi connectivity index (χ1v) is 5.24. The van der Waals surface area contributed by atoms with E-state index in [0.29, 0.717) is 17.4 Å². The predicted octanol–water partition coefficient (Wildman–Crippen LogP) is 2.19. The summed E-state index contributed by atoms with van der Waals surface area (Å²) in [5.41, 5.74) is 1.63. The summed E-state index contributed by atoms with van der Waals surface area (Å²) in [7, 11) is 1.58. The summed E-state index contributed by atoms with van der Waals surface area (Å²) < 4.78 is 5.07. The van der Waals surface area contributed by atoms with Gasteiger partial charge < -0.3 is 4.74 Å². The highest BCUT2D eigenvalue weighted by Crippen LogP contribution is 2.07. The molecular weight excluding hydrogens is 212 g/mol. The molecule has 0 unspecified atom stereocenters. The number of hydrogen-bond acceptors (Lipinski definition) is 3. The maximum Gasteiger partial charge on any atom is 0.217 e. The number of nitrogens with zero attached hydrogens (tertiary/aromatic N) is 2. The van der Waals surface area contributed by atoms with E-state index >= 15 is 0 Å². The first kappa shape index (κ1) is 11.2. The number of benzene rings is 1. The normalized spacial score (nSPS) is 9.29. The third kappa shape index (κ3) is 3.05. The van der Waals surface area contributed by atoms with Crippen LogP contribution in [-0.2, 0) is 0 Å². The van der Waals surface area contributed by atoms with Crippen molar-refractivity contribution in [2.75, 3.05) is 7.11 Å². The van der Waals surface area contributed by atoms with Gasteiger partial charge in [0.15, 0.2) is 0 Å². The van der Waals surface area contributed by atoms with Crippen molar-refractivity contribution >= 4 is 0 Å². The van der Waals surface area contributed by atoms with Crippen LogP contribution in [0, 0.1) is 18.8 Å². The molecule has 0 aliphatic carbocycles. The summed E-state index contributed by atoms with van der Waals surface area (Å²) in [6, 6.07) is 11.5. The number of ether oxygens (including phenoxy) is 1. The number of aromatic nitrogens is 2. The topological polar surface area (TPSA) is 35.0 Å². The van der Waals surface area contributed by atoms with E-state index in [4.69, 9.17) is 4.74 Å². The quantitative estimate of drug-likeness (QED) is 0.696. The maximum absolute atomic E-state index is 5.07. The first-order chi connectivity index (χ1) is 8.28. The number of rotatable bonds is 1. The van der Waals surface area contributed by atoms with Gasteiger partial charge in [-0.2, -0.15) is 4.98 Å². The van der Waals surface area contributed by atoms with Crippen LogP contribution in [0.4, 0.5) is 0 Å². The van der Waals surface area contributed by atoms with Gasteiger partial charge in [0, 0.05) is 11.6 Å². The van der Waals surface area contributed by atoms with Crippen LogP contribution in [0.25, 0.3) is 0 Å². The second-order valence-electron chi connectivity index (χ2n) is 3.46. The summed E-state index contributed by atoms with van der Waals surface area (Å²) in [5.74, 6) is 7.23. The Morgan fingerprint density at radius 1 is 1.06 bits per heavy atom. The lowest BCUT2D eigenvalue weighted by Gasteiger charge is -1.99. The van der Waals surface area contributed by atoms with Gasteiger partial charge in [-0.3, -0.25) is 0 Å². The van der Waals surface area contributed by atoms with Crippen molar-refractivity contribution in [3.63, 3.8) is 0 Å². The largest absolute Gasteiger partial charge is 0.481 e. The molecule has 84 valence electrons. The fraction of sp³-hybridized carbons (Fsp3) is 0.143. The third-order valence-electron chi connectivity index (χ3n) is 2.13. The average molecular weight is 224 g/mol. The monoisotopic (exact) mass is 224 g/mol. The van der Waals surface area contributed by atoms with Gasteiger partial charge in [-0.05, 0) is 25.0 Å². The van der Waals surface area contributed by atoms with Gasteiger partial charge in [-0.15, -0.1) is 0 Å². The van der Waals surface area contributed by atoms with Crippen LogP contribution in [0.3, 0.4) is 0 Å². The SMILES string of the molecule is COc1cc(C#Cc2ccccc2)nc(C)n1. The van der Waals surface area contributed by atoms with E-state index < -0.39 is 0 Å². The molecule has 2 aromatic rings. The van der Waals surface area contributed by atoms with Gasteiger partial charge >= 0.3 is 0 Å². The molecule has 0 bridgehead atoms. The summed E-state index contributed by atoms with van der Waals surface area (Å²) in [6.07, 6.45) is 0. The Hall–Kier alpha value is -2.34. The molecule has 0 atom stereocenters. The maximum atomic E-state index is 5.07. The molecule has 17 heavy (non-hydrogen) atoms. The molecule has 1 aromatic heterocycles. The Morgan fingerprint density at radius 3 is 2.53 bits per heavy atom. The van der Waals surface area contributed by atoms with Gasteiger partial charge in [-0.1, -0.05) is 24.1 Å². The Bertz CT molecular complexity index is 568. The van der Waals surface area contributed by atoms with Crippen LogP contribution in [0.15, 0.2) is 36.4 Å². The molecule has 0 spiro atoms. The highest BCUT2D eigenvalue weighted by atomic mass is 16.5. The van der Waals surface area contributed by atoms with Crippen molar-refractivity contribution in [1.29, 1.82) is 0 Å². The molecule has 2 rings (SSSR count). The molecule has 0 aliphatic rings. The number of methoxy groups -OCH3 is 1. The zero-order valence-electron chi connectivity index (χ0n) is 9.77. The zero-order chi connectivity index (χ0) is 12.1. The minimum atomic E-state index is 0.537. The van der Waals surface area contributed by atoms with Gasteiger partial charge in [-0.25, -0.2) is 4.98 Å². The molecule has 1 aromatic carbocycles. The number of hydrogen-bond donors (Lipinski definition) is 0. The summed E-state index contributed by atoms with van der Waals surface area (Å²) in [5, 5.41) is 0. The summed E-state index contributed by atoms with van der Waals surface area (Å²) >= 11 is 0. The van der Waals surface area contributed by atoms with E-state index in [0.717, 1.165) is 5.56 Å². The van der Waals surface area contributed by atoms with E-state index in [2.05, 4.69) is 21.8 Å². The molecule has 3 heteroatoms. The Balaban J connectivity index is 2.31. The molecular formula is C14H12N2O. The highest BCUT2D eigenvalue weighted by Gasteiger charge is 1.98. The van der Waals surface area contributed by atoms with Crippen molar-refractivity contribution < 1.29 is 4.74 Å². The third-order valence-corrected chi connectivity index (χ3v) is 2.13. The predicted molar refractivity (Wildman–Crippen MR) is 65.7 cm³/mol. The van der Waals surface area contributed by atoms with Crippen LogP contribution >= 0.6 is 0 Å². The van der Waals surface area contributed by atoms with Crippen LogP contribution < -0.4 is 4.74 Å². The lowest BCUT2D eigenvalue weighted by molar-refractivity contribution is 0.395. The van der Waals surface area contributed by atoms with Gasteiger partial charge in [0.1, 0.15) is 11.5 Å². The standard InChI is InChI=1S/C14H12N2O/c1-11-15-13(10-14(16-11)17-2)9-8-12-6-4-3-5-7-12/h3-7,10H,1-2H3. The number of aryl methyl sites for hydroxylation is 1. The van der Waals surface area contributed by atoms with Gasteiger partial charge in [0.2, 0.25) is 5.88 Å². The molecule has 1 heterocycles. The second-order valence-corrected chi connectivity index (χ2v) is 3.46. The van der Waals surface area contributed by atoms with Crippen molar-refractivity contribution in [1.82, 2.24) is 9.97 Å². The summed E-state index contributed by atoms with van der Waals surface area (Å²) in [4.78, 5) is 8.34. The minimum absolute atomic E-state index is 0.537. The van der Waals surface area contributed by atoms with Gasteiger partial charge in [0.25, 0.3) is 0 Å². The fourth-order valence-electron chi connectivity index (χ4n) is 1.37. The highest BCUT2D eigenvalue weighted by molar-refractivity contribution is 5.40. The lowest BCUT2D eigenvalue weighted by atomic mass is 10.2. The van der Waals surface area contributed by atoms with Gasteiger partial charge in [0.05, 0.1) is 7.11 Å². The van der Waals surface area contributed by atoms with Crippen molar-refractivity contribution in [3.05, 3.63) is 53.5 Å². The average Bonchev–Trinajstić information content (AvgIpc) is 2.37. The molecule has 0 N–H and O–H groups in total. The van der Waals surface area contributed by atoms with Crippen LogP contribution in [0.2, 0.25) is 0 Å². The van der Waals surface area contributed by atoms with Crippen LogP contribution in [0.5, 0.6) is 5.88 Å². The Labute approximate surface area is 101 Å². The summed E-state index contributed by atoms with van der Waals surface area (Å²) in [6.45, 7) is 1.82. The minimum Gasteiger partial charge on any atom is -0.481 e. The van der Waals surface area contributed by atoms with Crippen LogP contribution in [-0.4, -0.2) is 17.1 Å². The Kier molecular flexibility index (Phi) is 3.37. The fourth-order valence-corrected chi connectivity index (χ4v) is 1.37. The molecule has 3 nitrogen and oxygen atoms in total. The first-order valence-electron chi connectivity index (χ1n) is 5.24. The second kappa shape index (κ2) is 5.13. The lowest BCUT2D eigenvalue weighted by Crippen LogP contribution is -1.95. The van der Waals surface area contributed by atoms with E-state index in [1.807, 2.05) is 37.3 Å². The molecule has 0 aliphatic heterocycles. The van der Waals surface area contributed by atoms with E-state index in [1.165, 1.54) is 0 Å². The van der Waals surface area contributed by atoms with E-state index in [-0.39, 0.29) is 0 Å². The van der Waals surface area contributed by atoms with Crippen LogP contribution in [0.1, 0.15) is 17.1 Å². The molecule has 0 saturated carbocycles. The van der Waals surface area contributed by atoms with E-state index in [1.54, 1.807) is 13.2 Å². The van der Waals surface area contributed by atoms with Crippen molar-refractivity contribution in [3.8, 4) is 17.7 Å². The Morgan fingerprint density at radius 2 is 1.82 bits per heavy atom.